The first-order valence-corrected chi connectivity index (χ1v) is 8.03. The van der Waals surface area contributed by atoms with Gasteiger partial charge in [0.1, 0.15) is 0 Å². The Bertz CT molecular complexity index is 562. The molecule has 0 amide bonds. The molecule has 5 nitrogen and oxygen atoms in total. The Hall–Kier alpha value is -1.11. The second kappa shape index (κ2) is 6.11. The zero-order valence-corrected chi connectivity index (χ0v) is 13.3. The smallest absolute Gasteiger partial charge is 0.240 e. The largest absolute Gasteiger partial charge is 0.398 e. The van der Waals surface area contributed by atoms with Crippen molar-refractivity contribution in [2.45, 2.75) is 45.1 Å². The average molecular weight is 300 g/mol. The third-order valence-corrected chi connectivity index (χ3v) is 4.34. The summed E-state index contributed by atoms with van der Waals surface area (Å²) in [5.41, 5.74) is 6.92. The van der Waals surface area contributed by atoms with Crippen LogP contribution in [0.15, 0.2) is 23.1 Å². The molecule has 0 radical (unpaired) electrons. The van der Waals surface area contributed by atoms with Gasteiger partial charge in [-0.2, -0.15) is 0 Å². The summed E-state index contributed by atoms with van der Waals surface area (Å²) >= 11 is 0. The molecule has 0 aliphatic rings. The Morgan fingerprint density at radius 3 is 2.45 bits per heavy atom. The number of aryl methyl sites for hydroxylation is 1. The summed E-state index contributed by atoms with van der Waals surface area (Å²) in [5, 5.41) is 9.84. The summed E-state index contributed by atoms with van der Waals surface area (Å²) < 4.78 is 26.6. The highest BCUT2D eigenvalue weighted by molar-refractivity contribution is 7.89. The molecule has 114 valence electrons. The number of nitrogens with one attached hydrogen (secondary N) is 1. The topological polar surface area (TPSA) is 92.4 Å². The van der Waals surface area contributed by atoms with Crippen molar-refractivity contribution >= 4 is 15.7 Å². The van der Waals surface area contributed by atoms with Crippen LogP contribution in [0, 0.1) is 12.3 Å². The lowest BCUT2D eigenvalue weighted by molar-refractivity contribution is 0.125. The molecule has 0 saturated heterocycles. The molecule has 20 heavy (non-hydrogen) atoms. The average Bonchev–Trinajstić information content (AvgIpc) is 2.28. The molecule has 4 N–H and O–H groups in total. The van der Waals surface area contributed by atoms with Crippen molar-refractivity contribution in [2.75, 3.05) is 12.3 Å². The highest BCUT2D eigenvalue weighted by Crippen LogP contribution is 2.21. The molecule has 0 spiro atoms. The molecule has 0 bridgehead atoms. The predicted molar refractivity (Wildman–Crippen MR) is 80.9 cm³/mol. The van der Waals surface area contributed by atoms with Gasteiger partial charge in [-0.1, -0.05) is 26.8 Å². The van der Waals surface area contributed by atoms with Crippen LogP contribution in [-0.4, -0.2) is 26.2 Å². The fourth-order valence-electron chi connectivity index (χ4n) is 1.85. The molecule has 1 aromatic rings. The Morgan fingerprint density at radius 1 is 1.35 bits per heavy atom. The minimum absolute atomic E-state index is 0.00656. The van der Waals surface area contributed by atoms with Gasteiger partial charge in [-0.05, 0) is 36.5 Å². The van der Waals surface area contributed by atoms with E-state index in [-0.39, 0.29) is 16.9 Å². The summed E-state index contributed by atoms with van der Waals surface area (Å²) in [6, 6.07) is 4.59. The maximum Gasteiger partial charge on any atom is 0.240 e. The number of sulfonamides is 1. The fraction of sp³-hybridized carbons (Fsp3) is 0.571. The van der Waals surface area contributed by atoms with E-state index in [9.17, 15) is 13.5 Å². The van der Waals surface area contributed by atoms with Gasteiger partial charge in [0.25, 0.3) is 0 Å². The summed E-state index contributed by atoms with van der Waals surface area (Å²) in [7, 11) is -3.64. The first-order chi connectivity index (χ1) is 9.01. The third-order valence-electron chi connectivity index (χ3n) is 2.92. The van der Waals surface area contributed by atoms with Crippen LogP contribution in [0.5, 0.6) is 0 Å². The number of nitrogen functional groups attached to an aromatic ring is 1. The maximum atomic E-state index is 12.1. The number of benzene rings is 1. The standard InChI is InChI=1S/C14H24N2O3S/c1-10-5-6-12(7-13(10)15)20(18,19)16-9-11(17)8-14(2,3)4/h5-7,11,16-17H,8-9,15H2,1-4H3. The van der Waals surface area contributed by atoms with Crippen LogP contribution in [0.2, 0.25) is 0 Å². The van der Waals surface area contributed by atoms with E-state index < -0.39 is 16.1 Å². The molecule has 0 saturated carbocycles. The molecule has 6 heteroatoms. The van der Waals surface area contributed by atoms with Crippen molar-refractivity contribution in [3.63, 3.8) is 0 Å². The molecule has 0 fully saturated rings. The molecular weight excluding hydrogens is 276 g/mol. The second-order valence-electron chi connectivity index (χ2n) is 6.29. The molecule has 1 unspecified atom stereocenters. The van der Waals surface area contributed by atoms with Crippen molar-refractivity contribution < 1.29 is 13.5 Å². The number of hydrogen-bond acceptors (Lipinski definition) is 4. The normalized spacial score (nSPS) is 14.2. The van der Waals surface area contributed by atoms with Gasteiger partial charge in [0.2, 0.25) is 10.0 Å². The molecule has 1 atom stereocenters. The van der Waals surface area contributed by atoms with Gasteiger partial charge in [0.05, 0.1) is 11.0 Å². The zero-order valence-electron chi connectivity index (χ0n) is 12.5. The number of rotatable bonds is 5. The molecular formula is C14H24N2O3S. The van der Waals surface area contributed by atoms with Gasteiger partial charge in [-0.25, -0.2) is 13.1 Å². The molecule has 0 aromatic heterocycles. The number of aliphatic hydroxyl groups is 1. The minimum atomic E-state index is -3.64. The number of anilines is 1. The Morgan fingerprint density at radius 2 is 1.95 bits per heavy atom. The Labute approximate surface area is 121 Å². The van der Waals surface area contributed by atoms with Crippen LogP contribution in [0.1, 0.15) is 32.8 Å². The third kappa shape index (κ3) is 5.11. The van der Waals surface area contributed by atoms with Crippen molar-refractivity contribution in [1.29, 1.82) is 0 Å². The number of nitrogens with two attached hydrogens (primary N) is 1. The highest BCUT2D eigenvalue weighted by Gasteiger charge is 2.20. The van der Waals surface area contributed by atoms with Crippen LogP contribution < -0.4 is 10.5 Å². The highest BCUT2D eigenvalue weighted by atomic mass is 32.2. The van der Waals surface area contributed by atoms with Crippen LogP contribution >= 0.6 is 0 Å². The first kappa shape index (κ1) is 16.9. The van der Waals surface area contributed by atoms with Gasteiger partial charge in [-0.3, -0.25) is 0 Å². The summed E-state index contributed by atoms with van der Waals surface area (Å²) in [4.78, 5) is 0.114. The lowest BCUT2D eigenvalue weighted by Gasteiger charge is -2.22. The zero-order chi connectivity index (χ0) is 15.6. The second-order valence-corrected chi connectivity index (χ2v) is 8.06. The Balaban J connectivity index is 2.73. The van der Waals surface area contributed by atoms with Crippen molar-refractivity contribution in [3.8, 4) is 0 Å². The lowest BCUT2D eigenvalue weighted by Crippen LogP contribution is -2.34. The molecule has 0 heterocycles. The molecule has 0 aliphatic heterocycles. The van der Waals surface area contributed by atoms with Crippen molar-refractivity contribution in [1.82, 2.24) is 4.72 Å². The quantitative estimate of drug-likeness (QED) is 0.721. The van der Waals surface area contributed by atoms with Crippen molar-refractivity contribution in [3.05, 3.63) is 23.8 Å². The SMILES string of the molecule is Cc1ccc(S(=O)(=O)NCC(O)CC(C)(C)C)cc1N. The van der Waals surface area contributed by atoms with Gasteiger partial charge in [-0.15, -0.1) is 0 Å². The first-order valence-electron chi connectivity index (χ1n) is 6.55. The van der Waals surface area contributed by atoms with Crippen LogP contribution in [0.3, 0.4) is 0 Å². The van der Waals surface area contributed by atoms with Crippen LogP contribution in [0.25, 0.3) is 0 Å². The van der Waals surface area contributed by atoms with Crippen LogP contribution in [0.4, 0.5) is 5.69 Å². The minimum Gasteiger partial charge on any atom is -0.398 e. The summed E-state index contributed by atoms with van der Waals surface area (Å²) in [6.07, 6.45) is -0.196. The summed E-state index contributed by atoms with van der Waals surface area (Å²) in [6.45, 7) is 7.78. The molecule has 1 aromatic carbocycles. The Kier molecular flexibility index (Phi) is 5.18. The van der Waals surface area contributed by atoms with E-state index in [1.165, 1.54) is 12.1 Å². The van der Waals surface area contributed by atoms with Crippen LogP contribution in [-0.2, 0) is 10.0 Å². The summed E-state index contributed by atoms with van der Waals surface area (Å²) in [5.74, 6) is 0. The number of aliphatic hydroxyl groups excluding tert-OH is 1. The maximum absolute atomic E-state index is 12.1. The van der Waals surface area contributed by atoms with Gasteiger partial charge in [0.15, 0.2) is 0 Å². The number of hydrogen-bond donors (Lipinski definition) is 3. The van der Waals surface area contributed by atoms with Gasteiger partial charge >= 0.3 is 0 Å². The molecule has 1 rings (SSSR count). The van der Waals surface area contributed by atoms with E-state index >= 15 is 0 Å². The van der Waals surface area contributed by atoms with Gasteiger partial charge in [0, 0.05) is 12.2 Å². The van der Waals surface area contributed by atoms with E-state index in [2.05, 4.69) is 4.72 Å². The van der Waals surface area contributed by atoms with E-state index in [0.717, 1.165) is 5.56 Å². The monoisotopic (exact) mass is 300 g/mol. The lowest BCUT2D eigenvalue weighted by atomic mass is 9.89. The predicted octanol–water partition coefficient (Wildman–Crippen LogP) is 1.65. The van der Waals surface area contributed by atoms with E-state index in [1.54, 1.807) is 6.07 Å². The van der Waals surface area contributed by atoms with E-state index in [0.29, 0.717) is 12.1 Å². The fourth-order valence-corrected chi connectivity index (χ4v) is 2.96. The van der Waals surface area contributed by atoms with Crippen molar-refractivity contribution in [2.24, 2.45) is 5.41 Å². The van der Waals surface area contributed by atoms with Gasteiger partial charge < -0.3 is 10.8 Å². The van der Waals surface area contributed by atoms with E-state index in [4.69, 9.17) is 5.73 Å². The van der Waals surface area contributed by atoms with E-state index in [1.807, 2.05) is 27.7 Å². The molecule has 0 aliphatic carbocycles.